The second-order valence-corrected chi connectivity index (χ2v) is 6.87. The van der Waals surface area contributed by atoms with Crippen molar-refractivity contribution in [1.82, 2.24) is 0 Å². The molecule has 0 radical (unpaired) electrons. The lowest BCUT2D eigenvalue weighted by Gasteiger charge is -2.19. The van der Waals surface area contributed by atoms with E-state index in [-0.39, 0.29) is 17.1 Å². The van der Waals surface area contributed by atoms with E-state index in [1.165, 1.54) is 0 Å². The molecule has 2 aromatic rings. The number of fused-ring (bicyclic) bond motifs is 1. The fourth-order valence-corrected chi connectivity index (χ4v) is 3.34. The van der Waals surface area contributed by atoms with Crippen LogP contribution >= 0.6 is 15.9 Å². The molecule has 0 spiro atoms. The quantitative estimate of drug-likeness (QED) is 0.562. The summed E-state index contributed by atoms with van der Waals surface area (Å²) in [6.45, 7) is 4.41. The lowest BCUT2D eigenvalue weighted by Crippen LogP contribution is -2.26. The predicted molar refractivity (Wildman–Crippen MR) is 99.4 cm³/mol. The van der Waals surface area contributed by atoms with Crippen LogP contribution in [0.4, 0.5) is 5.69 Å². The number of carbonyl (C=O) groups is 1. The summed E-state index contributed by atoms with van der Waals surface area (Å²) in [5, 5.41) is 18.5. The average molecular weight is 392 g/mol. The van der Waals surface area contributed by atoms with Crippen molar-refractivity contribution in [2.45, 2.75) is 20.4 Å². The Hall–Kier alpha value is -2.89. The molecule has 0 atom stereocenters. The molecule has 122 valence electrons. The lowest BCUT2D eigenvalue weighted by molar-refractivity contribution is -0.113. The predicted octanol–water partition coefficient (Wildman–Crippen LogP) is 4.41. The van der Waals surface area contributed by atoms with Crippen molar-refractivity contribution in [2.24, 2.45) is 0 Å². The van der Waals surface area contributed by atoms with E-state index in [4.69, 9.17) is 0 Å². The van der Waals surface area contributed by atoms with E-state index in [1.807, 2.05) is 50.3 Å². The van der Waals surface area contributed by atoms with Crippen LogP contribution in [-0.2, 0) is 11.3 Å². The van der Waals surface area contributed by atoms with Crippen molar-refractivity contribution in [3.63, 3.8) is 0 Å². The first kappa shape index (κ1) is 17.0. The molecule has 0 fully saturated rings. The number of rotatable bonds is 2. The standard InChI is InChI=1S/C20H14BrN3O/c1-12-3-4-13(2)14(7-12)11-24-18-6-5-16(21)8-17(18)19(20(24)25)15(9-22)10-23/h3-8H,11H2,1-2H3. The molecule has 1 aliphatic heterocycles. The van der Waals surface area contributed by atoms with Crippen LogP contribution in [0, 0.1) is 36.5 Å². The number of nitriles is 2. The number of aryl methyl sites for hydroxylation is 2. The zero-order valence-corrected chi connectivity index (χ0v) is 15.4. The summed E-state index contributed by atoms with van der Waals surface area (Å²) in [4.78, 5) is 14.6. The summed E-state index contributed by atoms with van der Waals surface area (Å²) >= 11 is 3.39. The van der Waals surface area contributed by atoms with Crippen molar-refractivity contribution >= 4 is 33.1 Å². The Morgan fingerprint density at radius 3 is 2.52 bits per heavy atom. The molecule has 0 aliphatic carbocycles. The summed E-state index contributed by atoms with van der Waals surface area (Å²) in [6.07, 6.45) is 0. The third-order valence-electron chi connectivity index (χ3n) is 4.28. The van der Waals surface area contributed by atoms with Gasteiger partial charge in [-0.1, -0.05) is 39.7 Å². The number of carbonyl (C=O) groups excluding carboxylic acids is 1. The highest BCUT2D eigenvalue weighted by molar-refractivity contribution is 9.10. The van der Waals surface area contributed by atoms with Gasteiger partial charge in [0.1, 0.15) is 17.7 Å². The Labute approximate surface area is 154 Å². The number of nitrogens with zero attached hydrogens (tertiary/aromatic N) is 3. The molecule has 3 rings (SSSR count). The largest absolute Gasteiger partial charge is 0.303 e. The Morgan fingerprint density at radius 2 is 1.84 bits per heavy atom. The smallest absolute Gasteiger partial charge is 0.261 e. The highest BCUT2D eigenvalue weighted by Gasteiger charge is 2.35. The fourth-order valence-electron chi connectivity index (χ4n) is 2.98. The normalized spacial score (nSPS) is 12.6. The zero-order valence-electron chi connectivity index (χ0n) is 13.8. The van der Waals surface area contributed by atoms with Crippen LogP contribution in [0.15, 0.2) is 46.4 Å². The number of hydrogen-bond acceptors (Lipinski definition) is 3. The highest BCUT2D eigenvalue weighted by atomic mass is 79.9. The van der Waals surface area contributed by atoms with Gasteiger partial charge in [0, 0.05) is 10.0 Å². The van der Waals surface area contributed by atoms with E-state index in [0.717, 1.165) is 21.2 Å². The summed E-state index contributed by atoms with van der Waals surface area (Å²) in [6, 6.07) is 15.3. The number of halogens is 1. The molecule has 0 saturated heterocycles. The van der Waals surface area contributed by atoms with Gasteiger partial charge in [0.2, 0.25) is 0 Å². The minimum Gasteiger partial charge on any atom is -0.303 e. The molecule has 1 aliphatic rings. The molecule has 0 saturated carbocycles. The van der Waals surface area contributed by atoms with Crippen LogP contribution in [0.5, 0.6) is 0 Å². The van der Waals surface area contributed by atoms with Gasteiger partial charge in [-0.05, 0) is 43.2 Å². The van der Waals surface area contributed by atoms with Gasteiger partial charge in [-0.3, -0.25) is 4.79 Å². The number of hydrogen-bond donors (Lipinski definition) is 0. The van der Waals surface area contributed by atoms with E-state index in [2.05, 4.69) is 22.0 Å². The third kappa shape index (κ3) is 2.95. The molecule has 5 heteroatoms. The third-order valence-corrected chi connectivity index (χ3v) is 4.78. The molecule has 25 heavy (non-hydrogen) atoms. The Kier molecular flexibility index (Phi) is 4.44. The first-order valence-electron chi connectivity index (χ1n) is 7.68. The van der Waals surface area contributed by atoms with Crippen molar-refractivity contribution < 1.29 is 4.79 Å². The van der Waals surface area contributed by atoms with E-state index in [9.17, 15) is 15.3 Å². The van der Waals surface area contributed by atoms with Gasteiger partial charge in [-0.2, -0.15) is 10.5 Å². The Morgan fingerprint density at radius 1 is 1.12 bits per heavy atom. The topological polar surface area (TPSA) is 67.9 Å². The lowest BCUT2D eigenvalue weighted by atomic mass is 10.0. The van der Waals surface area contributed by atoms with Crippen LogP contribution in [0.1, 0.15) is 22.3 Å². The highest BCUT2D eigenvalue weighted by Crippen LogP contribution is 2.40. The molecule has 0 N–H and O–H groups in total. The monoisotopic (exact) mass is 391 g/mol. The van der Waals surface area contributed by atoms with Crippen molar-refractivity contribution in [1.29, 1.82) is 10.5 Å². The van der Waals surface area contributed by atoms with Crippen LogP contribution < -0.4 is 4.90 Å². The van der Waals surface area contributed by atoms with Crippen molar-refractivity contribution in [3.05, 3.63) is 68.7 Å². The van der Waals surface area contributed by atoms with Gasteiger partial charge >= 0.3 is 0 Å². The molecule has 0 unspecified atom stereocenters. The van der Waals surface area contributed by atoms with Gasteiger partial charge in [-0.15, -0.1) is 0 Å². The maximum Gasteiger partial charge on any atom is 0.261 e. The van der Waals surface area contributed by atoms with Crippen molar-refractivity contribution in [2.75, 3.05) is 4.90 Å². The van der Waals surface area contributed by atoms with Crippen LogP contribution in [0.25, 0.3) is 5.57 Å². The summed E-state index contributed by atoms with van der Waals surface area (Å²) < 4.78 is 0.792. The summed E-state index contributed by atoms with van der Waals surface area (Å²) in [7, 11) is 0. The minimum atomic E-state index is -0.313. The van der Waals surface area contributed by atoms with Crippen molar-refractivity contribution in [3.8, 4) is 12.1 Å². The zero-order chi connectivity index (χ0) is 18.1. The second-order valence-electron chi connectivity index (χ2n) is 5.96. The molecule has 1 amide bonds. The van der Waals surface area contributed by atoms with Gasteiger partial charge in [-0.25, -0.2) is 0 Å². The molecule has 1 heterocycles. The minimum absolute atomic E-state index is 0.159. The maximum absolute atomic E-state index is 13.0. The summed E-state index contributed by atoms with van der Waals surface area (Å²) in [5.41, 5.74) is 4.59. The number of anilines is 1. The van der Waals surface area contributed by atoms with Crippen LogP contribution in [-0.4, -0.2) is 5.91 Å². The van der Waals surface area contributed by atoms with E-state index in [1.54, 1.807) is 11.0 Å². The van der Waals surface area contributed by atoms with E-state index >= 15 is 0 Å². The average Bonchev–Trinajstić information content (AvgIpc) is 2.85. The molecule has 0 bridgehead atoms. The molecule has 0 aromatic heterocycles. The molecular formula is C20H14BrN3O. The second kappa shape index (κ2) is 6.55. The van der Waals surface area contributed by atoms with Crippen LogP contribution in [0.2, 0.25) is 0 Å². The fraction of sp³-hybridized carbons (Fsp3) is 0.150. The van der Waals surface area contributed by atoms with E-state index in [0.29, 0.717) is 17.8 Å². The van der Waals surface area contributed by atoms with Gasteiger partial charge < -0.3 is 4.90 Å². The van der Waals surface area contributed by atoms with E-state index < -0.39 is 0 Å². The summed E-state index contributed by atoms with van der Waals surface area (Å²) in [5.74, 6) is -0.313. The van der Waals surface area contributed by atoms with Gasteiger partial charge in [0.15, 0.2) is 0 Å². The molecule has 4 nitrogen and oxygen atoms in total. The SMILES string of the molecule is Cc1ccc(C)c(CN2C(=O)C(=C(C#N)C#N)c3cc(Br)ccc32)c1. The Balaban J connectivity index is 2.16. The number of benzene rings is 2. The van der Waals surface area contributed by atoms with Gasteiger partial charge in [0.25, 0.3) is 5.91 Å². The van der Waals surface area contributed by atoms with Crippen LogP contribution in [0.3, 0.4) is 0 Å². The molecular weight excluding hydrogens is 378 g/mol. The number of amides is 1. The molecule has 2 aromatic carbocycles. The first-order chi connectivity index (χ1) is 12.0. The number of allylic oxidation sites excluding steroid dienone is 1. The van der Waals surface area contributed by atoms with Gasteiger partial charge in [0.05, 0.1) is 17.8 Å². The Bertz CT molecular complexity index is 993. The first-order valence-corrected chi connectivity index (χ1v) is 8.48. The maximum atomic E-state index is 13.0.